The molecule has 1 aliphatic rings. The van der Waals surface area contributed by atoms with Crippen LogP contribution < -0.4 is 14.8 Å². The zero-order chi connectivity index (χ0) is 19.6. The van der Waals surface area contributed by atoms with Gasteiger partial charge in [0.05, 0.1) is 5.56 Å². The highest BCUT2D eigenvalue weighted by molar-refractivity contribution is 5.97. The van der Waals surface area contributed by atoms with Gasteiger partial charge < -0.3 is 19.5 Å². The number of carbonyl (C=O) groups excluding carboxylic acids is 2. The molecule has 0 saturated carbocycles. The van der Waals surface area contributed by atoms with Crippen LogP contribution in [0, 0.1) is 0 Å². The van der Waals surface area contributed by atoms with E-state index in [1.54, 1.807) is 18.2 Å². The molecular weight excluding hydrogens is 346 g/mol. The Morgan fingerprint density at radius 3 is 2.37 bits per heavy atom. The van der Waals surface area contributed by atoms with E-state index in [0.29, 0.717) is 22.7 Å². The van der Waals surface area contributed by atoms with Crippen LogP contribution in [0.3, 0.4) is 0 Å². The molecule has 2 aromatic rings. The Morgan fingerprint density at radius 1 is 1.04 bits per heavy atom. The van der Waals surface area contributed by atoms with Crippen molar-refractivity contribution in [3.8, 4) is 11.5 Å². The maximum absolute atomic E-state index is 12.3. The molecule has 142 valence electrons. The normalized spacial score (nSPS) is 13.8. The lowest BCUT2D eigenvalue weighted by atomic mass is 9.87. The average molecular weight is 369 g/mol. The molecule has 1 amide bonds. The van der Waals surface area contributed by atoms with Gasteiger partial charge in [-0.15, -0.1) is 0 Å². The third-order valence-electron chi connectivity index (χ3n) is 4.28. The summed E-state index contributed by atoms with van der Waals surface area (Å²) in [4.78, 5) is 24.6. The number of nitrogens with one attached hydrogen (secondary N) is 1. The van der Waals surface area contributed by atoms with Gasteiger partial charge in [0.2, 0.25) is 6.79 Å². The van der Waals surface area contributed by atoms with Crippen molar-refractivity contribution in [2.75, 3.05) is 12.1 Å². The summed E-state index contributed by atoms with van der Waals surface area (Å²) in [6.07, 6.45) is -0.940. The predicted octanol–water partition coefficient (Wildman–Crippen LogP) is 3.90. The summed E-state index contributed by atoms with van der Waals surface area (Å²) in [5.41, 5.74) is 2.16. The van der Waals surface area contributed by atoms with E-state index in [-0.39, 0.29) is 12.2 Å². The molecule has 0 radical (unpaired) electrons. The number of amides is 1. The van der Waals surface area contributed by atoms with Crippen LogP contribution in [0.5, 0.6) is 11.5 Å². The Balaban J connectivity index is 1.59. The van der Waals surface area contributed by atoms with Crippen molar-refractivity contribution in [1.29, 1.82) is 0 Å². The van der Waals surface area contributed by atoms with Crippen LogP contribution in [0.2, 0.25) is 0 Å². The van der Waals surface area contributed by atoms with Crippen LogP contribution in [0.15, 0.2) is 42.5 Å². The first kappa shape index (κ1) is 18.8. The van der Waals surface area contributed by atoms with Crippen LogP contribution in [-0.4, -0.2) is 24.8 Å². The highest BCUT2D eigenvalue weighted by Gasteiger charge is 2.22. The van der Waals surface area contributed by atoms with Gasteiger partial charge in [0, 0.05) is 5.69 Å². The van der Waals surface area contributed by atoms with Crippen molar-refractivity contribution >= 4 is 17.6 Å². The summed E-state index contributed by atoms with van der Waals surface area (Å²) in [5, 5.41) is 2.76. The summed E-state index contributed by atoms with van der Waals surface area (Å²) in [7, 11) is 0. The Labute approximate surface area is 158 Å². The Bertz CT molecular complexity index is 852. The first-order valence-electron chi connectivity index (χ1n) is 8.76. The molecule has 0 saturated heterocycles. The lowest BCUT2D eigenvalue weighted by molar-refractivity contribution is -0.123. The lowest BCUT2D eigenvalue weighted by Crippen LogP contribution is -2.30. The van der Waals surface area contributed by atoms with E-state index < -0.39 is 18.0 Å². The van der Waals surface area contributed by atoms with Gasteiger partial charge in [-0.2, -0.15) is 0 Å². The lowest BCUT2D eigenvalue weighted by Gasteiger charge is -2.19. The van der Waals surface area contributed by atoms with Gasteiger partial charge in [0.1, 0.15) is 0 Å². The molecule has 1 unspecified atom stereocenters. The SMILES string of the molecule is CC(OC(=O)c1ccc2c(c1)OCO2)C(=O)Nc1ccc(C(C)(C)C)cc1. The topological polar surface area (TPSA) is 73.9 Å². The Kier molecular flexibility index (Phi) is 5.08. The molecule has 0 fully saturated rings. The van der Waals surface area contributed by atoms with Gasteiger partial charge >= 0.3 is 5.97 Å². The highest BCUT2D eigenvalue weighted by atomic mass is 16.7. The fraction of sp³-hybridized carbons (Fsp3) is 0.333. The van der Waals surface area contributed by atoms with Crippen molar-refractivity contribution in [2.24, 2.45) is 0 Å². The van der Waals surface area contributed by atoms with Gasteiger partial charge in [-0.1, -0.05) is 32.9 Å². The summed E-state index contributed by atoms with van der Waals surface area (Å²) in [5.74, 6) is 0.0724. The highest BCUT2D eigenvalue weighted by Crippen LogP contribution is 2.32. The molecule has 0 aliphatic carbocycles. The second kappa shape index (κ2) is 7.31. The second-order valence-corrected chi connectivity index (χ2v) is 7.43. The molecule has 1 heterocycles. The van der Waals surface area contributed by atoms with E-state index >= 15 is 0 Å². The van der Waals surface area contributed by atoms with E-state index in [1.165, 1.54) is 12.5 Å². The quantitative estimate of drug-likeness (QED) is 0.828. The molecule has 1 N–H and O–H groups in total. The zero-order valence-corrected chi connectivity index (χ0v) is 15.9. The number of rotatable bonds is 4. The number of ether oxygens (including phenoxy) is 3. The van der Waals surface area contributed by atoms with Crippen molar-refractivity contribution in [2.45, 2.75) is 39.2 Å². The van der Waals surface area contributed by atoms with Crippen LogP contribution >= 0.6 is 0 Å². The number of esters is 1. The predicted molar refractivity (Wildman–Crippen MR) is 101 cm³/mol. The fourth-order valence-electron chi connectivity index (χ4n) is 2.60. The van der Waals surface area contributed by atoms with Gasteiger partial charge in [-0.3, -0.25) is 4.79 Å². The van der Waals surface area contributed by atoms with Crippen molar-refractivity contribution in [1.82, 2.24) is 0 Å². The largest absolute Gasteiger partial charge is 0.454 e. The monoisotopic (exact) mass is 369 g/mol. The van der Waals surface area contributed by atoms with Crippen molar-refractivity contribution in [3.63, 3.8) is 0 Å². The molecule has 0 bridgehead atoms. The van der Waals surface area contributed by atoms with Crippen LogP contribution in [0.4, 0.5) is 5.69 Å². The first-order valence-corrected chi connectivity index (χ1v) is 8.76. The summed E-state index contributed by atoms with van der Waals surface area (Å²) < 4.78 is 15.7. The number of benzene rings is 2. The maximum Gasteiger partial charge on any atom is 0.339 e. The Morgan fingerprint density at radius 2 is 1.70 bits per heavy atom. The first-order chi connectivity index (χ1) is 12.7. The molecule has 1 aliphatic heterocycles. The molecule has 6 nitrogen and oxygen atoms in total. The summed E-state index contributed by atoms with van der Waals surface area (Å²) >= 11 is 0. The van der Waals surface area contributed by atoms with Crippen molar-refractivity contribution in [3.05, 3.63) is 53.6 Å². The standard InChI is InChI=1S/C21H23NO5/c1-13(19(23)22-16-8-6-15(7-9-16)21(2,3)4)27-20(24)14-5-10-17-18(11-14)26-12-25-17/h5-11,13H,12H2,1-4H3,(H,22,23). The van der Waals surface area contributed by atoms with Gasteiger partial charge in [-0.05, 0) is 48.2 Å². The van der Waals surface area contributed by atoms with Crippen molar-refractivity contribution < 1.29 is 23.8 Å². The molecule has 0 aromatic heterocycles. The third-order valence-corrected chi connectivity index (χ3v) is 4.28. The average Bonchev–Trinajstić information content (AvgIpc) is 3.09. The van der Waals surface area contributed by atoms with Crippen LogP contribution in [-0.2, 0) is 14.9 Å². The van der Waals surface area contributed by atoms with Gasteiger partial charge in [0.15, 0.2) is 17.6 Å². The fourth-order valence-corrected chi connectivity index (χ4v) is 2.60. The van der Waals surface area contributed by atoms with Gasteiger partial charge in [0.25, 0.3) is 5.91 Å². The smallest absolute Gasteiger partial charge is 0.339 e. The molecule has 6 heteroatoms. The summed E-state index contributed by atoms with van der Waals surface area (Å²) in [6, 6.07) is 12.4. The second-order valence-electron chi connectivity index (χ2n) is 7.43. The number of anilines is 1. The number of fused-ring (bicyclic) bond motifs is 1. The van der Waals surface area contributed by atoms with Crippen LogP contribution in [0.25, 0.3) is 0 Å². The van der Waals surface area contributed by atoms with Crippen LogP contribution in [0.1, 0.15) is 43.6 Å². The molecule has 1 atom stereocenters. The number of hydrogen-bond donors (Lipinski definition) is 1. The third kappa shape index (κ3) is 4.39. The Hall–Kier alpha value is -3.02. The van der Waals surface area contributed by atoms with E-state index in [2.05, 4.69) is 26.1 Å². The minimum Gasteiger partial charge on any atom is -0.454 e. The molecule has 2 aromatic carbocycles. The zero-order valence-electron chi connectivity index (χ0n) is 15.9. The van der Waals surface area contributed by atoms with E-state index in [0.717, 1.165) is 0 Å². The molecule has 0 spiro atoms. The summed E-state index contributed by atoms with van der Waals surface area (Å²) in [6.45, 7) is 8.03. The minimum atomic E-state index is -0.940. The minimum absolute atomic E-state index is 0.0377. The molecule has 3 rings (SSSR count). The van der Waals surface area contributed by atoms with E-state index in [4.69, 9.17) is 14.2 Å². The van der Waals surface area contributed by atoms with Gasteiger partial charge in [-0.25, -0.2) is 4.79 Å². The molecular formula is C21H23NO5. The van der Waals surface area contributed by atoms with E-state index in [1.807, 2.05) is 24.3 Å². The maximum atomic E-state index is 12.3. The molecule has 27 heavy (non-hydrogen) atoms. The number of hydrogen-bond acceptors (Lipinski definition) is 5. The number of carbonyl (C=O) groups is 2. The van der Waals surface area contributed by atoms with E-state index in [9.17, 15) is 9.59 Å².